The number of hydrogen-bond donors (Lipinski definition) is 1. The van der Waals surface area contributed by atoms with Gasteiger partial charge in [0.15, 0.2) is 0 Å². The van der Waals surface area contributed by atoms with Crippen LogP contribution in [0.4, 0.5) is 0 Å². The van der Waals surface area contributed by atoms with Gasteiger partial charge in [0.2, 0.25) is 0 Å². The molecule has 0 fully saturated rings. The molecular weight excluding hydrogens is 202 g/mol. The number of ether oxygens (including phenoxy) is 1. The number of carbonyl (C=O) groups excluding carboxylic acids is 1. The molecule has 1 unspecified atom stereocenters. The second kappa shape index (κ2) is 7.01. The van der Waals surface area contributed by atoms with E-state index >= 15 is 0 Å². The van der Waals surface area contributed by atoms with E-state index < -0.39 is 0 Å². The topological polar surface area (TPSA) is 38.3 Å². The highest BCUT2D eigenvalue weighted by Crippen LogP contribution is 2.00. The summed E-state index contributed by atoms with van der Waals surface area (Å²) in [5.41, 5.74) is 1.22. The van der Waals surface area contributed by atoms with Crippen molar-refractivity contribution in [3.63, 3.8) is 0 Å². The lowest BCUT2D eigenvalue weighted by Crippen LogP contribution is -2.28. The summed E-state index contributed by atoms with van der Waals surface area (Å²) in [7, 11) is 0. The van der Waals surface area contributed by atoms with Gasteiger partial charge in [0.1, 0.15) is 0 Å². The number of hydrogen-bond acceptors (Lipinski definition) is 3. The van der Waals surface area contributed by atoms with Crippen molar-refractivity contribution in [2.24, 2.45) is 0 Å². The quantitative estimate of drug-likeness (QED) is 0.748. The van der Waals surface area contributed by atoms with Crippen molar-refractivity contribution in [2.75, 3.05) is 6.61 Å². The Balaban J connectivity index is 2.25. The molecule has 0 heterocycles. The molecule has 0 aromatic heterocycles. The Bertz CT molecular complexity index is 311. The lowest BCUT2D eigenvalue weighted by Gasteiger charge is -2.12. The zero-order valence-electron chi connectivity index (χ0n) is 9.90. The van der Waals surface area contributed by atoms with Crippen molar-refractivity contribution in [2.45, 2.75) is 32.9 Å². The van der Waals surface area contributed by atoms with Crippen molar-refractivity contribution in [3.05, 3.63) is 35.9 Å². The van der Waals surface area contributed by atoms with Crippen LogP contribution < -0.4 is 5.32 Å². The number of carbonyl (C=O) groups is 1. The van der Waals surface area contributed by atoms with Crippen molar-refractivity contribution in [1.29, 1.82) is 0 Å². The third kappa shape index (κ3) is 4.94. The minimum atomic E-state index is -0.143. The lowest BCUT2D eigenvalue weighted by atomic mass is 10.2. The maximum atomic E-state index is 11.2. The molecule has 1 aromatic rings. The number of benzene rings is 1. The van der Waals surface area contributed by atoms with Gasteiger partial charge in [-0.2, -0.15) is 0 Å². The Kier molecular flexibility index (Phi) is 5.57. The van der Waals surface area contributed by atoms with Crippen LogP contribution in [0.2, 0.25) is 0 Å². The van der Waals surface area contributed by atoms with Crippen LogP contribution in [0.3, 0.4) is 0 Å². The molecule has 1 rings (SSSR count). The molecule has 3 nitrogen and oxygen atoms in total. The Hall–Kier alpha value is -1.35. The molecule has 0 aliphatic carbocycles. The monoisotopic (exact) mass is 221 g/mol. The average molecular weight is 221 g/mol. The largest absolute Gasteiger partial charge is 0.466 e. The Morgan fingerprint density at radius 2 is 2.06 bits per heavy atom. The predicted octanol–water partition coefficient (Wildman–Crippen LogP) is 2.12. The summed E-state index contributed by atoms with van der Waals surface area (Å²) in [6.07, 6.45) is 0.417. The van der Waals surface area contributed by atoms with Gasteiger partial charge in [-0.3, -0.25) is 4.79 Å². The molecule has 88 valence electrons. The van der Waals surface area contributed by atoms with Gasteiger partial charge in [0.05, 0.1) is 13.0 Å². The van der Waals surface area contributed by atoms with E-state index in [0.29, 0.717) is 13.0 Å². The summed E-state index contributed by atoms with van der Waals surface area (Å²) in [5, 5.41) is 3.29. The van der Waals surface area contributed by atoms with Gasteiger partial charge in [0.25, 0.3) is 0 Å². The first-order valence-corrected chi connectivity index (χ1v) is 5.65. The highest BCUT2D eigenvalue weighted by Gasteiger charge is 2.08. The normalized spacial score (nSPS) is 12.1. The molecule has 0 radical (unpaired) electrons. The van der Waals surface area contributed by atoms with Gasteiger partial charge in [-0.05, 0) is 19.4 Å². The first-order chi connectivity index (χ1) is 7.72. The van der Waals surface area contributed by atoms with Crippen LogP contribution in [0.1, 0.15) is 25.8 Å². The maximum Gasteiger partial charge on any atom is 0.307 e. The molecule has 3 heteroatoms. The first-order valence-electron chi connectivity index (χ1n) is 5.65. The minimum Gasteiger partial charge on any atom is -0.466 e. The summed E-state index contributed by atoms with van der Waals surface area (Å²) < 4.78 is 4.89. The van der Waals surface area contributed by atoms with Crippen LogP contribution >= 0.6 is 0 Å². The second-order valence-electron chi connectivity index (χ2n) is 3.78. The second-order valence-corrected chi connectivity index (χ2v) is 3.78. The van der Waals surface area contributed by atoms with Crippen LogP contribution in [-0.2, 0) is 16.1 Å². The van der Waals surface area contributed by atoms with E-state index in [4.69, 9.17) is 4.74 Å². The van der Waals surface area contributed by atoms with Crippen LogP contribution in [0, 0.1) is 0 Å². The Morgan fingerprint density at radius 1 is 1.38 bits per heavy atom. The summed E-state index contributed by atoms with van der Waals surface area (Å²) in [6, 6.07) is 10.3. The van der Waals surface area contributed by atoms with Gasteiger partial charge in [-0.15, -0.1) is 0 Å². The summed E-state index contributed by atoms with van der Waals surface area (Å²) in [6.45, 7) is 5.03. The minimum absolute atomic E-state index is 0.138. The van der Waals surface area contributed by atoms with Crippen molar-refractivity contribution in [1.82, 2.24) is 5.32 Å². The fourth-order valence-corrected chi connectivity index (χ4v) is 1.43. The molecule has 0 aliphatic heterocycles. The molecule has 0 aliphatic rings. The van der Waals surface area contributed by atoms with E-state index in [-0.39, 0.29) is 12.0 Å². The molecule has 1 aromatic carbocycles. The van der Waals surface area contributed by atoms with Gasteiger partial charge in [-0.1, -0.05) is 30.3 Å². The molecule has 0 bridgehead atoms. The van der Waals surface area contributed by atoms with Gasteiger partial charge in [-0.25, -0.2) is 0 Å². The predicted molar refractivity (Wildman–Crippen MR) is 64.0 cm³/mol. The maximum absolute atomic E-state index is 11.2. The fourth-order valence-electron chi connectivity index (χ4n) is 1.43. The fraction of sp³-hybridized carbons (Fsp3) is 0.462. The molecule has 16 heavy (non-hydrogen) atoms. The van der Waals surface area contributed by atoms with E-state index in [9.17, 15) is 4.79 Å². The average Bonchev–Trinajstić information content (AvgIpc) is 2.28. The Morgan fingerprint density at radius 3 is 2.69 bits per heavy atom. The van der Waals surface area contributed by atoms with E-state index in [1.165, 1.54) is 5.56 Å². The third-order valence-corrected chi connectivity index (χ3v) is 2.28. The van der Waals surface area contributed by atoms with Crippen LogP contribution in [0.25, 0.3) is 0 Å². The molecule has 1 N–H and O–H groups in total. The smallest absolute Gasteiger partial charge is 0.307 e. The van der Waals surface area contributed by atoms with Gasteiger partial charge < -0.3 is 10.1 Å². The molecule has 1 atom stereocenters. The van der Waals surface area contributed by atoms with Crippen molar-refractivity contribution >= 4 is 5.97 Å². The number of nitrogens with one attached hydrogen (secondary N) is 1. The molecular formula is C13H19NO2. The van der Waals surface area contributed by atoms with Crippen LogP contribution in [0.15, 0.2) is 30.3 Å². The van der Waals surface area contributed by atoms with E-state index in [1.807, 2.05) is 32.0 Å². The van der Waals surface area contributed by atoms with Gasteiger partial charge >= 0.3 is 5.97 Å². The van der Waals surface area contributed by atoms with Gasteiger partial charge in [0, 0.05) is 12.6 Å². The molecule has 0 saturated carbocycles. The zero-order valence-corrected chi connectivity index (χ0v) is 9.90. The van der Waals surface area contributed by atoms with E-state index in [0.717, 1.165) is 6.54 Å². The lowest BCUT2D eigenvalue weighted by molar-refractivity contribution is -0.143. The zero-order chi connectivity index (χ0) is 11.8. The first kappa shape index (κ1) is 12.7. The SMILES string of the molecule is CCOC(=O)CC(C)NCc1ccccc1. The summed E-state index contributed by atoms with van der Waals surface area (Å²) in [5.74, 6) is -0.143. The van der Waals surface area contributed by atoms with E-state index in [1.54, 1.807) is 0 Å². The standard InChI is InChI=1S/C13H19NO2/c1-3-16-13(15)9-11(2)14-10-12-7-5-4-6-8-12/h4-8,11,14H,3,9-10H2,1-2H3. The van der Waals surface area contributed by atoms with E-state index in [2.05, 4.69) is 17.4 Å². The van der Waals surface area contributed by atoms with Crippen molar-refractivity contribution < 1.29 is 9.53 Å². The third-order valence-electron chi connectivity index (χ3n) is 2.28. The number of esters is 1. The molecule has 0 amide bonds. The molecule has 0 spiro atoms. The summed E-state index contributed by atoms with van der Waals surface area (Å²) in [4.78, 5) is 11.2. The molecule has 0 saturated heterocycles. The highest BCUT2D eigenvalue weighted by atomic mass is 16.5. The summed E-state index contributed by atoms with van der Waals surface area (Å²) >= 11 is 0. The van der Waals surface area contributed by atoms with Crippen LogP contribution in [0.5, 0.6) is 0 Å². The number of rotatable bonds is 6. The Labute approximate surface area is 96.8 Å². The van der Waals surface area contributed by atoms with Crippen LogP contribution in [-0.4, -0.2) is 18.6 Å². The highest BCUT2D eigenvalue weighted by molar-refractivity contribution is 5.69. The van der Waals surface area contributed by atoms with Crippen molar-refractivity contribution in [3.8, 4) is 0 Å².